The minimum absolute atomic E-state index is 0.00524. The second-order valence-corrected chi connectivity index (χ2v) is 22.9. The molecule has 4 fully saturated rings. The van der Waals surface area contributed by atoms with Crippen molar-refractivity contribution in [1.82, 2.24) is 14.7 Å². The summed E-state index contributed by atoms with van der Waals surface area (Å²) >= 11 is 0. The molecule has 434 valence electrons. The van der Waals surface area contributed by atoms with Crippen LogP contribution in [0, 0.1) is 35.5 Å². The van der Waals surface area contributed by atoms with E-state index in [2.05, 4.69) is 16.8 Å². The molecule has 2 bridgehead atoms. The maximum absolute atomic E-state index is 14.6. The van der Waals surface area contributed by atoms with Gasteiger partial charge in [-0.25, -0.2) is 4.79 Å². The number of carbonyl (C=O) groups is 6. The van der Waals surface area contributed by atoms with E-state index in [4.69, 9.17) is 33.2 Å². The van der Waals surface area contributed by atoms with E-state index in [0.717, 1.165) is 38.2 Å². The van der Waals surface area contributed by atoms with Crippen LogP contribution in [0.5, 0.6) is 0 Å². The van der Waals surface area contributed by atoms with Gasteiger partial charge in [-0.2, -0.15) is 0 Å². The fourth-order valence-electron chi connectivity index (χ4n) is 11.7. The highest BCUT2D eigenvalue weighted by molar-refractivity contribution is 6.39. The molecule has 0 spiro atoms. The fraction of sp³-hybridized carbons (Fsp3) is 0.763. The van der Waals surface area contributed by atoms with Gasteiger partial charge in [0.25, 0.3) is 11.7 Å². The standard InChI is InChI=1S/C59H93N3O15/c1-37-17-13-12-14-18-38(2)49(71-9)33-45-22-20-43(7)59(70,77-45)56(67)57(68)62-24-16-15-19-46(62)58(69)76-50(34-47(63)39(3)30-42(6)54(66)55(73-11)53(65)41(5)29-37)40(4)31-44-21-23-48(51(32-44)72-10)74-36-75-52(64)35-61-27-25-60(8)26-28-61/h12-14,17-18,30,37,39-41,43-46,48-51,54-55,66,70H,15-16,19-29,31-36H2,1-11H3/b14-12+,17-13+,38-18+,42-30+/t37-,39-,40-,41-,43-,44+,45+,46+,48-,49+,50+,51-,54-,55+,59-/m1/s1. The highest BCUT2D eigenvalue weighted by Gasteiger charge is 2.53. The number of carbonyl (C=O) groups excluding carboxylic acids is 6. The number of methoxy groups -OCH3 is 3. The van der Waals surface area contributed by atoms with Gasteiger partial charge in [-0.15, -0.1) is 0 Å². The van der Waals surface area contributed by atoms with Crippen LogP contribution in [0.2, 0.25) is 0 Å². The largest absolute Gasteiger partial charge is 0.460 e. The third-order valence-corrected chi connectivity index (χ3v) is 16.9. The van der Waals surface area contributed by atoms with Crippen LogP contribution in [-0.2, 0) is 61.9 Å². The lowest BCUT2D eigenvalue weighted by atomic mass is 9.78. The lowest BCUT2D eigenvalue weighted by Crippen LogP contribution is -2.61. The molecule has 2 N–H and O–H groups in total. The number of piperidine rings is 1. The quantitative estimate of drug-likeness (QED) is 0.106. The molecule has 3 saturated heterocycles. The number of cyclic esters (lactones) is 1. The number of allylic oxidation sites excluding steroid dienone is 6. The minimum atomic E-state index is -2.45. The van der Waals surface area contributed by atoms with Crippen LogP contribution in [0.1, 0.15) is 126 Å². The van der Waals surface area contributed by atoms with Gasteiger partial charge in [0, 0.05) is 84.6 Å². The number of rotatable bonds is 11. The first-order chi connectivity index (χ1) is 36.6. The van der Waals surface area contributed by atoms with Crippen molar-refractivity contribution in [2.45, 2.75) is 180 Å². The molecule has 18 heteroatoms. The van der Waals surface area contributed by atoms with E-state index >= 15 is 0 Å². The smallest absolute Gasteiger partial charge is 0.329 e. The normalized spacial score (nSPS) is 37.6. The van der Waals surface area contributed by atoms with E-state index in [1.54, 1.807) is 41.1 Å². The van der Waals surface area contributed by atoms with Gasteiger partial charge < -0.3 is 53.2 Å². The molecule has 5 rings (SSSR count). The zero-order valence-corrected chi connectivity index (χ0v) is 48.0. The van der Waals surface area contributed by atoms with Crippen LogP contribution in [0.4, 0.5) is 0 Å². The predicted molar refractivity (Wildman–Crippen MR) is 289 cm³/mol. The molecule has 18 nitrogen and oxygen atoms in total. The number of Topliss-reactive ketones (excluding diaryl/α,β-unsaturated/α-hetero) is 3. The average Bonchev–Trinajstić information content (AvgIpc) is 3.40. The van der Waals surface area contributed by atoms with Gasteiger partial charge in [-0.3, -0.25) is 28.9 Å². The van der Waals surface area contributed by atoms with Gasteiger partial charge in [0.15, 0.2) is 12.6 Å². The molecular weight excluding hydrogens is 991 g/mol. The molecule has 77 heavy (non-hydrogen) atoms. The number of amides is 1. The van der Waals surface area contributed by atoms with Crippen LogP contribution < -0.4 is 0 Å². The number of nitrogens with zero attached hydrogens (tertiary/aromatic N) is 3. The number of ketones is 3. The molecular formula is C59H93N3O15. The number of esters is 2. The SMILES string of the molecule is CO[C@H]1C[C@@H]2CC[C@@H](C)[C@@](O)(O2)C(=O)C(=O)N2CCCC[C@H]2C(=O)O[C@H]([C@H](C)C[C@@H]2CC[C@@H](OCOC(=O)CN3CCN(C)CC3)[C@H](OC)C2)CC(=O)[C@H](C)/C=C(\C)[C@@H](O)[C@@H](OC)C(=O)[C@H](C)C[C@H](C)/C=C/C=C/C=C/1C. The van der Waals surface area contributed by atoms with Crippen LogP contribution in [0.25, 0.3) is 0 Å². The highest BCUT2D eigenvalue weighted by Crippen LogP contribution is 2.38. The number of likely N-dealkylation sites (N-methyl/N-ethyl adjacent to an activating group) is 1. The van der Waals surface area contributed by atoms with Crippen LogP contribution >= 0.6 is 0 Å². The van der Waals surface area contributed by atoms with Crippen molar-refractivity contribution >= 4 is 35.2 Å². The summed E-state index contributed by atoms with van der Waals surface area (Å²) in [5, 5.41) is 23.6. The second-order valence-electron chi connectivity index (χ2n) is 22.9. The van der Waals surface area contributed by atoms with Gasteiger partial charge in [-0.1, -0.05) is 71.1 Å². The maximum Gasteiger partial charge on any atom is 0.329 e. The van der Waals surface area contributed by atoms with Crippen molar-refractivity contribution in [2.24, 2.45) is 35.5 Å². The molecule has 0 aromatic heterocycles. The monoisotopic (exact) mass is 1080 g/mol. The summed E-state index contributed by atoms with van der Waals surface area (Å²) in [5.41, 5.74) is 1.25. The molecule has 5 aliphatic rings. The molecule has 4 aliphatic heterocycles. The van der Waals surface area contributed by atoms with E-state index in [0.29, 0.717) is 63.4 Å². The summed E-state index contributed by atoms with van der Waals surface area (Å²) in [6.07, 6.45) is 11.3. The number of ether oxygens (including phenoxy) is 7. The molecule has 0 unspecified atom stereocenters. The first-order valence-electron chi connectivity index (χ1n) is 28.3. The highest BCUT2D eigenvalue weighted by atomic mass is 16.7. The van der Waals surface area contributed by atoms with Gasteiger partial charge in [0.1, 0.15) is 30.1 Å². The molecule has 4 heterocycles. The second kappa shape index (κ2) is 30.6. The lowest BCUT2D eigenvalue weighted by Gasteiger charge is -2.42. The average molecular weight is 1080 g/mol. The topological polar surface area (TPSA) is 217 Å². The number of aliphatic hydroxyl groups excluding tert-OH is 1. The molecule has 1 aliphatic carbocycles. The Morgan fingerprint density at radius 1 is 0.831 bits per heavy atom. The first kappa shape index (κ1) is 63.8. The van der Waals surface area contributed by atoms with E-state index in [9.17, 15) is 39.0 Å². The Balaban J connectivity index is 1.39. The van der Waals surface area contributed by atoms with Crippen molar-refractivity contribution in [3.8, 4) is 0 Å². The number of hydrogen-bond donors (Lipinski definition) is 2. The molecule has 1 amide bonds. The Morgan fingerprint density at radius 2 is 1.56 bits per heavy atom. The number of hydrogen-bond acceptors (Lipinski definition) is 17. The molecule has 0 aromatic rings. The van der Waals surface area contributed by atoms with Crippen LogP contribution in [-0.4, -0.2) is 189 Å². The van der Waals surface area contributed by atoms with Crippen molar-refractivity contribution in [3.05, 3.63) is 47.6 Å². The van der Waals surface area contributed by atoms with E-state index in [1.807, 2.05) is 58.1 Å². The van der Waals surface area contributed by atoms with E-state index < -0.39 is 77.8 Å². The predicted octanol–water partition coefficient (Wildman–Crippen LogP) is 5.95. The molecule has 0 radical (unpaired) electrons. The Morgan fingerprint density at radius 3 is 2.25 bits per heavy atom. The summed E-state index contributed by atoms with van der Waals surface area (Å²) in [5.74, 6) is -8.55. The van der Waals surface area contributed by atoms with Crippen molar-refractivity contribution in [2.75, 3.05) is 74.4 Å². The molecule has 1 saturated carbocycles. The zero-order chi connectivity index (χ0) is 56.6. The molecule has 0 aromatic carbocycles. The Labute approximate surface area is 458 Å². The Hall–Kier alpha value is -3.98. The van der Waals surface area contributed by atoms with Gasteiger partial charge in [-0.05, 0) is 114 Å². The Kier molecular flexibility index (Phi) is 25.3. The van der Waals surface area contributed by atoms with Crippen LogP contribution in [0.15, 0.2) is 47.6 Å². The third-order valence-electron chi connectivity index (χ3n) is 16.9. The lowest BCUT2D eigenvalue weighted by molar-refractivity contribution is -0.265. The molecule has 15 atom stereocenters. The van der Waals surface area contributed by atoms with Crippen LogP contribution in [0.3, 0.4) is 0 Å². The fourth-order valence-corrected chi connectivity index (χ4v) is 11.7. The summed E-state index contributed by atoms with van der Waals surface area (Å²) in [4.78, 5) is 89.7. The summed E-state index contributed by atoms with van der Waals surface area (Å²) in [7, 11) is 6.62. The summed E-state index contributed by atoms with van der Waals surface area (Å²) < 4.78 is 41.5. The maximum atomic E-state index is 14.6. The third kappa shape index (κ3) is 18.0. The van der Waals surface area contributed by atoms with Crippen molar-refractivity contribution in [1.29, 1.82) is 0 Å². The van der Waals surface area contributed by atoms with Gasteiger partial charge >= 0.3 is 11.9 Å². The van der Waals surface area contributed by atoms with Crippen molar-refractivity contribution in [3.63, 3.8) is 0 Å². The summed E-state index contributed by atoms with van der Waals surface area (Å²) in [6, 6.07) is -1.17. The first-order valence-corrected chi connectivity index (χ1v) is 28.3. The van der Waals surface area contributed by atoms with E-state index in [-0.39, 0.29) is 80.2 Å². The number of aliphatic hydroxyl groups is 2. The summed E-state index contributed by atoms with van der Waals surface area (Å²) in [6.45, 7) is 16.1. The minimum Gasteiger partial charge on any atom is -0.460 e. The van der Waals surface area contributed by atoms with Gasteiger partial charge in [0.05, 0.1) is 31.0 Å². The van der Waals surface area contributed by atoms with Gasteiger partial charge in [0.2, 0.25) is 5.79 Å². The van der Waals surface area contributed by atoms with Crippen molar-refractivity contribution < 1.29 is 72.1 Å². The zero-order valence-electron chi connectivity index (χ0n) is 48.0. The van der Waals surface area contributed by atoms with E-state index in [1.165, 1.54) is 12.0 Å². The number of piperazine rings is 1. The Bertz CT molecular complexity index is 2100. The number of fused-ring (bicyclic) bond motifs is 3.